The molecule has 0 spiro atoms. The third-order valence-electron chi connectivity index (χ3n) is 4.81. The minimum absolute atomic E-state index is 0.228. The van der Waals surface area contributed by atoms with E-state index in [4.69, 9.17) is 5.73 Å². The van der Waals surface area contributed by atoms with E-state index in [2.05, 4.69) is 15.2 Å². The van der Waals surface area contributed by atoms with Crippen LogP contribution in [0.2, 0.25) is 0 Å². The summed E-state index contributed by atoms with van der Waals surface area (Å²) >= 11 is 0. The van der Waals surface area contributed by atoms with Crippen molar-refractivity contribution in [3.63, 3.8) is 0 Å². The van der Waals surface area contributed by atoms with Crippen LogP contribution in [0.3, 0.4) is 0 Å². The number of rotatable bonds is 2. The third kappa shape index (κ3) is 3.36. The molecule has 0 fully saturated rings. The SMILES string of the molecule is CN1CC2=C(NC(N)=NC2c2ccccc2F)/C(=C/c2ccccc2F)C1. The number of nitrogens with one attached hydrogen (secondary N) is 1. The molecule has 2 aromatic carbocycles. The molecule has 0 aliphatic carbocycles. The minimum Gasteiger partial charge on any atom is -0.370 e. The van der Waals surface area contributed by atoms with Crippen LogP contribution in [-0.4, -0.2) is 31.0 Å². The van der Waals surface area contributed by atoms with Gasteiger partial charge < -0.3 is 11.1 Å². The second-order valence-corrected chi connectivity index (χ2v) is 6.83. The van der Waals surface area contributed by atoms with E-state index < -0.39 is 6.04 Å². The highest BCUT2D eigenvalue weighted by molar-refractivity contribution is 5.84. The molecule has 27 heavy (non-hydrogen) atoms. The molecule has 4 rings (SSSR count). The summed E-state index contributed by atoms with van der Waals surface area (Å²) in [6, 6.07) is 12.7. The molecule has 0 amide bonds. The molecule has 2 heterocycles. The molecule has 0 aromatic heterocycles. The molecule has 2 aliphatic rings. The molecule has 6 heteroatoms. The van der Waals surface area contributed by atoms with Crippen molar-refractivity contribution in [2.45, 2.75) is 6.04 Å². The fraction of sp³-hybridized carbons (Fsp3) is 0.190. The fourth-order valence-corrected chi connectivity index (χ4v) is 3.61. The van der Waals surface area contributed by atoms with Crippen molar-refractivity contribution in [2.75, 3.05) is 20.1 Å². The number of hydrogen-bond acceptors (Lipinski definition) is 4. The van der Waals surface area contributed by atoms with E-state index in [1.54, 1.807) is 36.4 Å². The van der Waals surface area contributed by atoms with Gasteiger partial charge in [-0.1, -0.05) is 36.4 Å². The Morgan fingerprint density at radius 1 is 1.07 bits per heavy atom. The zero-order chi connectivity index (χ0) is 19.0. The Morgan fingerprint density at radius 3 is 2.52 bits per heavy atom. The lowest BCUT2D eigenvalue weighted by Gasteiger charge is -2.36. The van der Waals surface area contributed by atoms with Crippen molar-refractivity contribution in [1.82, 2.24) is 10.2 Å². The number of nitrogens with zero attached hydrogens (tertiary/aromatic N) is 2. The summed E-state index contributed by atoms with van der Waals surface area (Å²) < 4.78 is 28.6. The second-order valence-electron chi connectivity index (χ2n) is 6.83. The summed E-state index contributed by atoms with van der Waals surface area (Å²) in [6.07, 6.45) is 1.81. The zero-order valence-electron chi connectivity index (χ0n) is 14.9. The van der Waals surface area contributed by atoms with Crippen LogP contribution < -0.4 is 11.1 Å². The molecule has 2 aliphatic heterocycles. The molecule has 3 N–H and O–H groups in total. The van der Waals surface area contributed by atoms with E-state index in [1.165, 1.54) is 12.1 Å². The lowest BCUT2D eigenvalue weighted by atomic mass is 9.89. The molecular formula is C21H20F2N4. The van der Waals surface area contributed by atoms with Gasteiger partial charge in [0.2, 0.25) is 0 Å². The quantitative estimate of drug-likeness (QED) is 0.858. The molecule has 2 aromatic rings. The molecule has 0 radical (unpaired) electrons. The van der Waals surface area contributed by atoms with Gasteiger partial charge >= 0.3 is 0 Å². The minimum atomic E-state index is -0.505. The molecule has 1 unspecified atom stereocenters. The lowest BCUT2D eigenvalue weighted by molar-refractivity contribution is 0.367. The van der Waals surface area contributed by atoms with E-state index in [1.807, 2.05) is 13.1 Å². The maximum Gasteiger partial charge on any atom is 0.194 e. The summed E-state index contributed by atoms with van der Waals surface area (Å²) in [7, 11) is 1.97. The number of nitrogens with two attached hydrogens (primary N) is 1. The van der Waals surface area contributed by atoms with Crippen molar-refractivity contribution in [2.24, 2.45) is 10.7 Å². The average Bonchev–Trinajstić information content (AvgIpc) is 2.64. The van der Waals surface area contributed by atoms with Crippen LogP contribution in [-0.2, 0) is 0 Å². The highest BCUT2D eigenvalue weighted by Gasteiger charge is 2.32. The Labute approximate surface area is 156 Å². The number of halogens is 2. The summed E-state index contributed by atoms with van der Waals surface area (Å²) in [5.41, 5.74) is 9.60. The van der Waals surface area contributed by atoms with Crippen molar-refractivity contribution in [3.8, 4) is 0 Å². The smallest absolute Gasteiger partial charge is 0.194 e. The summed E-state index contributed by atoms with van der Waals surface area (Å²) in [5.74, 6) is -0.380. The van der Waals surface area contributed by atoms with Gasteiger partial charge in [0, 0.05) is 29.9 Å². The van der Waals surface area contributed by atoms with Crippen LogP contribution in [0.5, 0.6) is 0 Å². The van der Waals surface area contributed by atoms with Crippen LogP contribution in [0.25, 0.3) is 6.08 Å². The van der Waals surface area contributed by atoms with Gasteiger partial charge in [0.1, 0.15) is 17.7 Å². The number of aliphatic imine (C=N–C) groups is 1. The molecule has 1 atom stereocenters. The van der Waals surface area contributed by atoms with Gasteiger partial charge in [-0.05, 0) is 36.4 Å². The monoisotopic (exact) mass is 366 g/mol. The molecular weight excluding hydrogens is 346 g/mol. The number of benzene rings is 2. The first kappa shape index (κ1) is 17.4. The molecule has 0 saturated carbocycles. The first-order valence-electron chi connectivity index (χ1n) is 8.74. The van der Waals surface area contributed by atoms with Crippen LogP contribution in [0.1, 0.15) is 17.2 Å². The van der Waals surface area contributed by atoms with Crippen LogP contribution >= 0.6 is 0 Å². The normalized spacial score (nSPS) is 21.7. The fourth-order valence-electron chi connectivity index (χ4n) is 3.61. The van der Waals surface area contributed by atoms with Crippen molar-refractivity contribution in [1.29, 1.82) is 0 Å². The van der Waals surface area contributed by atoms with Crippen LogP contribution in [0, 0.1) is 11.6 Å². The number of hydrogen-bond donors (Lipinski definition) is 2. The van der Waals surface area contributed by atoms with E-state index in [9.17, 15) is 8.78 Å². The Morgan fingerprint density at radius 2 is 1.78 bits per heavy atom. The van der Waals surface area contributed by atoms with Crippen molar-refractivity contribution in [3.05, 3.63) is 88.1 Å². The van der Waals surface area contributed by atoms with Gasteiger partial charge in [0.15, 0.2) is 5.96 Å². The standard InChI is InChI=1S/C21H20F2N4/c1-27-11-14(10-13-6-2-4-8-17(13)22)19-16(12-27)20(26-21(24)25-19)15-7-3-5-9-18(15)23/h2-10,20H,11-12H2,1H3,(H3,24,25,26)/b14-10+. The first-order valence-corrected chi connectivity index (χ1v) is 8.74. The predicted molar refractivity (Wildman–Crippen MR) is 103 cm³/mol. The lowest BCUT2D eigenvalue weighted by Crippen LogP contribution is -2.43. The van der Waals surface area contributed by atoms with Crippen LogP contribution in [0.4, 0.5) is 8.78 Å². The van der Waals surface area contributed by atoms with Gasteiger partial charge in [-0.2, -0.15) is 0 Å². The van der Waals surface area contributed by atoms with E-state index in [0.717, 1.165) is 16.8 Å². The van der Waals surface area contributed by atoms with Gasteiger partial charge in [0.25, 0.3) is 0 Å². The number of guanidine groups is 1. The third-order valence-corrected chi connectivity index (χ3v) is 4.81. The summed E-state index contributed by atoms with van der Waals surface area (Å²) in [4.78, 5) is 6.54. The van der Waals surface area contributed by atoms with Gasteiger partial charge in [-0.25, -0.2) is 13.8 Å². The van der Waals surface area contributed by atoms with E-state index >= 15 is 0 Å². The summed E-state index contributed by atoms with van der Waals surface area (Å²) in [6.45, 7) is 1.24. The molecule has 4 nitrogen and oxygen atoms in total. The highest BCUT2D eigenvalue weighted by Crippen LogP contribution is 2.37. The predicted octanol–water partition coefficient (Wildman–Crippen LogP) is 3.21. The van der Waals surface area contributed by atoms with Gasteiger partial charge in [-0.3, -0.25) is 4.90 Å². The van der Waals surface area contributed by atoms with Crippen molar-refractivity contribution < 1.29 is 8.78 Å². The molecule has 0 bridgehead atoms. The Bertz CT molecular complexity index is 978. The Hall–Kier alpha value is -2.99. The van der Waals surface area contributed by atoms with Gasteiger partial charge in [-0.15, -0.1) is 0 Å². The maximum absolute atomic E-state index is 14.4. The van der Waals surface area contributed by atoms with E-state index in [-0.39, 0.29) is 17.6 Å². The van der Waals surface area contributed by atoms with Gasteiger partial charge in [0.05, 0.1) is 0 Å². The van der Waals surface area contributed by atoms with E-state index in [0.29, 0.717) is 24.2 Å². The molecule has 138 valence electrons. The Balaban J connectivity index is 1.84. The van der Waals surface area contributed by atoms with Crippen molar-refractivity contribution >= 4 is 12.0 Å². The Kier molecular flexibility index (Phi) is 4.49. The summed E-state index contributed by atoms with van der Waals surface area (Å²) in [5, 5.41) is 3.12. The average molecular weight is 366 g/mol. The number of likely N-dealkylation sites (N-methyl/N-ethyl adjacent to an activating group) is 1. The second kappa shape index (κ2) is 6.96. The molecule has 0 saturated heterocycles. The van der Waals surface area contributed by atoms with Crippen LogP contribution in [0.15, 0.2) is 70.4 Å². The maximum atomic E-state index is 14.4. The first-order chi connectivity index (χ1) is 13.0. The topological polar surface area (TPSA) is 53.6 Å². The zero-order valence-corrected chi connectivity index (χ0v) is 14.9. The highest BCUT2D eigenvalue weighted by atomic mass is 19.1. The largest absolute Gasteiger partial charge is 0.370 e.